The van der Waals surface area contributed by atoms with E-state index in [9.17, 15) is 0 Å². The predicted molar refractivity (Wildman–Crippen MR) is 164 cm³/mol. The minimum atomic E-state index is -0.510. The Balaban J connectivity index is 1.23. The van der Waals surface area contributed by atoms with Crippen molar-refractivity contribution in [2.45, 2.75) is 109 Å². The van der Waals surface area contributed by atoms with Gasteiger partial charge in [-0.2, -0.15) is 0 Å². The number of hydrogen-bond acceptors (Lipinski definition) is 2. The fraction of sp³-hybridized carbons (Fsp3) is 0.500. The number of rotatable bonds is 13. The van der Waals surface area contributed by atoms with Gasteiger partial charge in [-0.3, -0.25) is 0 Å². The second kappa shape index (κ2) is 12.0. The maximum absolute atomic E-state index is 7.10. The van der Waals surface area contributed by atoms with Crippen molar-refractivity contribution in [2.24, 2.45) is 0 Å². The highest BCUT2D eigenvalue weighted by Crippen LogP contribution is 2.55. The summed E-state index contributed by atoms with van der Waals surface area (Å²) < 4.78 is 7.10. The molecule has 2 nitrogen and oxygen atoms in total. The van der Waals surface area contributed by atoms with Gasteiger partial charge in [-0.1, -0.05) is 126 Å². The molecule has 1 unspecified atom stereocenters. The largest absolute Gasteiger partial charge is 0.463 e. The van der Waals surface area contributed by atoms with Gasteiger partial charge in [-0.15, -0.1) is 0 Å². The van der Waals surface area contributed by atoms with Gasteiger partial charge in [0.15, 0.2) is 0 Å². The molecule has 5 rings (SSSR count). The van der Waals surface area contributed by atoms with Crippen LogP contribution >= 0.6 is 0 Å². The summed E-state index contributed by atoms with van der Waals surface area (Å²) in [7, 11) is 0. The van der Waals surface area contributed by atoms with Crippen LogP contribution in [-0.4, -0.2) is 12.3 Å². The highest BCUT2D eigenvalue weighted by atomic mass is 16.5. The lowest BCUT2D eigenvalue weighted by molar-refractivity contribution is 0.0534. The molecule has 3 aromatic carbocycles. The molecular formula is C36H47NO. The molecule has 2 heteroatoms. The first-order valence-corrected chi connectivity index (χ1v) is 15.4. The van der Waals surface area contributed by atoms with Crippen molar-refractivity contribution in [1.82, 2.24) is 0 Å². The van der Waals surface area contributed by atoms with E-state index >= 15 is 0 Å². The minimum absolute atomic E-state index is 0.166. The van der Waals surface area contributed by atoms with Gasteiger partial charge < -0.3 is 9.64 Å². The molecule has 0 amide bonds. The maximum Gasteiger partial charge on any atom is 0.212 e. The van der Waals surface area contributed by atoms with Gasteiger partial charge in [0.25, 0.3) is 0 Å². The second-order valence-electron chi connectivity index (χ2n) is 12.0. The first-order valence-electron chi connectivity index (χ1n) is 15.4. The van der Waals surface area contributed by atoms with Crippen LogP contribution in [0, 0.1) is 0 Å². The Hall–Kier alpha value is -2.74. The second-order valence-corrected chi connectivity index (χ2v) is 12.0. The minimum Gasteiger partial charge on any atom is -0.463 e. The van der Waals surface area contributed by atoms with Crippen molar-refractivity contribution in [3.05, 3.63) is 77.9 Å². The average Bonchev–Trinajstić information content (AvgIpc) is 3.11. The number of hydrogen-bond donors (Lipinski definition) is 0. The summed E-state index contributed by atoms with van der Waals surface area (Å²) in [4.78, 5) is 2.56. The zero-order valence-electron chi connectivity index (χ0n) is 24.0. The predicted octanol–water partition coefficient (Wildman–Crippen LogP) is 10.4. The highest BCUT2D eigenvalue weighted by Gasteiger charge is 2.58. The molecule has 0 saturated carbocycles. The van der Waals surface area contributed by atoms with Crippen molar-refractivity contribution >= 4 is 22.5 Å². The Bertz CT molecular complexity index is 1240. The number of nitrogens with zero attached hydrogens (tertiary/aromatic N) is 1. The van der Waals surface area contributed by atoms with Crippen LogP contribution in [0.2, 0.25) is 0 Å². The van der Waals surface area contributed by atoms with Gasteiger partial charge in [0.05, 0.1) is 5.41 Å². The van der Waals surface area contributed by atoms with E-state index in [2.05, 4.69) is 98.5 Å². The van der Waals surface area contributed by atoms with E-state index in [-0.39, 0.29) is 5.41 Å². The molecule has 0 radical (unpaired) electrons. The average molecular weight is 510 g/mol. The molecule has 0 N–H and O–H groups in total. The zero-order chi connectivity index (χ0) is 26.4. The highest BCUT2D eigenvalue weighted by molar-refractivity contribution is 5.94. The Morgan fingerprint density at radius 1 is 0.684 bits per heavy atom. The third-order valence-electron chi connectivity index (χ3n) is 9.07. The van der Waals surface area contributed by atoms with E-state index in [4.69, 9.17) is 4.74 Å². The molecule has 0 fully saturated rings. The Kier molecular flexibility index (Phi) is 8.46. The lowest BCUT2D eigenvalue weighted by Crippen LogP contribution is -2.59. The van der Waals surface area contributed by atoms with Crippen LogP contribution in [-0.2, 0) is 5.41 Å². The third kappa shape index (κ3) is 5.12. The number of unbranched alkanes of at least 4 members (excludes halogenated alkanes) is 11. The zero-order valence-corrected chi connectivity index (χ0v) is 24.0. The number of benzene rings is 3. The van der Waals surface area contributed by atoms with E-state index in [1.807, 2.05) is 0 Å². The first kappa shape index (κ1) is 26.9. The molecule has 38 heavy (non-hydrogen) atoms. The molecule has 0 aliphatic carbocycles. The molecule has 0 aromatic heterocycles. The SMILES string of the molecule is CCCCCCCCCCCCCCN1c2ccccc2C(C)(C)C12C=Cc1c(ccc3ccccc13)O2. The monoisotopic (exact) mass is 509 g/mol. The van der Waals surface area contributed by atoms with Gasteiger partial charge in [-0.25, -0.2) is 0 Å². The van der Waals surface area contributed by atoms with E-state index in [0.29, 0.717) is 0 Å². The van der Waals surface area contributed by atoms with Crippen LogP contribution < -0.4 is 9.64 Å². The van der Waals surface area contributed by atoms with Crippen LogP contribution in [0.4, 0.5) is 5.69 Å². The van der Waals surface area contributed by atoms with Crippen LogP contribution in [0.25, 0.3) is 16.8 Å². The lowest BCUT2D eigenvalue weighted by atomic mass is 9.76. The van der Waals surface area contributed by atoms with Gasteiger partial charge in [0, 0.05) is 17.8 Å². The molecule has 2 aliphatic rings. The number of para-hydroxylation sites is 1. The Labute approximate surface area is 231 Å². The van der Waals surface area contributed by atoms with Crippen LogP contribution in [0.5, 0.6) is 5.75 Å². The van der Waals surface area contributed by atoms with E-state index in [1.54, 1.807) is 0 Å². The summed E-state index contributed by atoms with van der Waals surface area (Å²) in [5.74, 6) is 0.992. The van der Waals surface area contributed by atoms with Gasteiger partial charge >= 0.3 is 0 Å². The summed E-state index contributed by atoms with van der Waals surface area (Å²) in [6, 6.07) is 21.9. The summed E-state index contributed by atoms with van der Waals surface area (Å²) in [6.07, 6.45) is 21.1. The van der Waals surface area contributed by atoms with Crippen molar-refractivity contribution in [2.75, 3.05) is 11.4 Å². The van der Waals surface area contributed by atoms with Crippen molar-refractivity contribution in [3.8, 4) is 5.75 Å². The fourth-order valence-corrected chi connectivity index (χ4v) is 6.76. The molecule has 2 heterocycles. The van der Waals surface area contributed by atoms with Crippen LogP contribution in [0.3, 0.4) is 0 Å². The number of anilines is 1. The number of ether oxygens (including phenoxy) is 1. The standard InChI is InChI=1S/C36H47NO/c1-4-5-6-7-8-9-10-11-12-13-14-19-28-37-33-23-18-17-22-32(33)35(2,3)36(37)27-26-31-30-21-16-15-20-29(30)24-25-34(31)38-36/h15-18,20-27H,4-14,19,28H2,1-3H3. The number of fused-ring (bicyclic) bond motifs is 4. The molecule has 0 saturated heterocycles. The van der Waals surface area contributed by atoms with E-state index in [0.717, 1.165) is 12.3 Å². The molecule has 1 atom stereocenters. The summed E-state index contributed by atoms with van der Waals surface area (Å²) in [5, 5.41) is 2.52. The summed E-state index contributed by atoms with van der Waals surface area (Å²) >= 11 is 0. The smallest absolute Gasteiger partial charge is 0.212 e. The molecule has 3 aromatic rings. The topological polar surface area (TPSA) is 12.5 Å². The molecule has 2 aliphatic heterocycles. The fourth-order valence-electron chi connectivity index (χ4n) is 6.76. The van der Waals surface area contributed by atoms with Crippen LogP contribution in [0.15, 0.2) is 66.7 Å². The normalized spacial score (nSPS) is 19.1. The molecular weight excluding hydrogens is 462 g/mol. The Morgan fingerprint density at radius 3 is 2.05 bits per heavy atom. The van der Waals surface area contributed by atoms with E-state index < -0.39 is 5.72 Å². The molecule has 1 spiro atoms. The summed E-state index contributed by atoms with van der Waals surface area (Å²) in [6.45, 7) is 8.02. The third-order valence-corrected chi connectivity index (χ3v) is 9.07. The lowest BCUT2D eigenvalue weighted by Gasteiger charge is -2.47. The van der Waals surface area contributed by atoms with Crippen molar-refractivity contribution < 1.29 is 4.74 Å². The quantitative estimate of drug-likeness (QED) is 0.212. The Morgan fingerprint density at radius 2 is 1.32 bits per heavy atom. The van der Waals surface area contributed by atoms with Gasteiger partial charge in [0.1, 0.15) is 5.75 Å². The summed E-state index contributed by atoms with van der Waals surface area (Å²) in [5.41, 5.74) is 3.23. The maximum atomic E-state index is 7.10. The van der Waals surface area contributed by atoms with E-state index in [1.165, 1.54) is 105 Å². The van der Waals surface area contributed by atoms with Gasteiger partial charge in [0.2, 0.25) is 5.72 Å². The molecule has 0 bridgehead atoms. The van der Waals surface area contributed by atoms with Crippen LogP contribution in [0.1, 0.15) is 109 Å². The van der Waals surface area contributed by atoms with Gasteiger partial charge in [-0.05, 0) is 60.9 Å². The van der Waals surface area contributed by atoms with Crippen molar-refractivity contribution in [1.29, 1.82) is 0 Å². The van der Waals surface area contributed by atoms with Crippen molar-refractivity contribution in [3.63, 3.8) is 0 Å². The molecule has 202 valence electrons. The first-order chi connectivity index (χ1) is 18.6.